The molecule has 4 rings (SSSR count). The maximum absolute atomic E-state index is 12.5. The first kappa shape index (κ1) is 19.2. The highest BCUT2D eigenvalue weighted by molar-refractivity contribution is 7.15. The van der Waals surface area contributed by atoms with E-state index in [1.807, 2.05) is 31.1 Å². The zero-order valence-electron chi connectivity index (χ0n) is 16.4. The molecular weight excluding hydrogens is 396 g/mol. The van der Waals surface area contributed by atoms with Crippen molar-refractivity contribution in [3.8, 4) is 0 Å². The van der Waals surface area contributed by atoms with Gasteiger partial charge in [0.2, 0.25) is 11.9 Å². The Morgan fingerprint density at radius 3 is 2.72 bits per heavy atom. The van der Waals surface area contributed by atoms with Crippen LogP contribution in [0.2, 0.25) is 0 Å². The van der Waals surface area contributed by atoms with E-state index in [0.717, 1.165) is 4.96 Å². The van der Waals surface area contributed by atoms with Crippen molar-refractivity contribution in [2.45, 2.75) is 26.4 Å². The van der Waals surface area contributed by atoms with Crippen LogP contribution < -0.4 is 10.2 Å². The van der Waals surface area contributed by atoms with Crippen LogP contribution >= 0.6 is 11.3 Å². The second-order valence-corrected chi connectivity index (χ2v) is 8.46. The highest BCUT2D eigenvalue weighted by Crippen LogP contribution is 2.17. The first-order chi connectivity index (χ1) is 13.8. The van der Waals surface area contributed by atoms with Gasteiger partial charge in [-0.3, -0.25) is 14.5 Å². The molecule has 2 N–H and O–H groups in total. The smallest absolute Gasteiger partial charge is 0.410 e. The molecular formula is C17H22N8O3S. The minimum Gasteiger partial charge on any atom is -0.444 e. The summed E-state index contributed by atoms with van der Waals surface area (Å²) in [4.78, 5) is 37.5. The summed E-state index contributed by atoms with van der Waals surface area (Å²) in [5.74, 6) is 0.399. The lowest BCUT2D eigenvalue weighted by Gasteiger charge is -2.35. The minimum absolute atomic E-state index is 0.254. The van der Waals surface area contributed by atoms with E-state index < -0.39 is 5.60 Å². The number of hydrogen-bond donors (Lipinski definition) is 2. The molecule has 0 unspecified atom stereocenters. The third kappa shape index (κ3) is 4.16. The van der Waals surface area contributed by atoms with Gasteiger partial charge in [-0.2, -0.15) is 4.98 Å². The van der Waals surface area contributed by atoms with Gasteiger partial charge in [0.15, 0.2) is 4.96 Å². The molecule has 0 aromatic carbocycles. The van der Waals surface area contributed by atoms with Gasteiger partial charge in [-0.25, -0.2) is 14.9 Å². The first-order valence-corrected chi connectivity index (χ1v) is 10.1. The molecule has 0 radical (unpaired) electrons. The summed E-state index contributed by atoms with van der Waals surface area (Å²) in [6.45, 7) is 7.70. The number of amides is 2. The number of ether oxygens (including phenoxy) is 1. The Bertz CT molecular complexity index is 1020. The van der Waals surface area contributed by atoms with Gasteiger partial charge >= 0.3 is 6.09 Å². The van der Waals surface area contributed by atoms with E-state index in [2.05, 4.69) is 25.5 Å². The maximum Gasteiger partial charge on any atom is 0.410 e. The Morgan fingerprint density at radius 2 is 2.00 bits per heavy atom. The Hall–Kier alpha value is -3.15. The van der Waals surface area contributed by atoms with Crippen LogP contribution in [0.3, 0.4) is 0 Å². The number of aromatic amines is 1. The van der Waals surface area contributed by atoms with Crippen LogP contribution in [0.5, 0.6) is 0 Å². The largest absolute Gasteiger partial charge is 0.444 e. The minimum atomic E-state index is -0.519. The monoisotopic (exact) mass is 418 g/mol. The third-order valence-corrected chi connectivity index (χ3v) is 5.07. The van der Waals surface area contributed by atoms with Crippen LogP contribution in [0.4, 0.5) is 16.7 Å². The highest BCUT2D eigenvalue weighted by Gasteiger charge is 2.27. The fraction of sp³-hybridized carbons (Fsp3) is 0.471. The lowest BCUT2D eigenvalue weighted by Crippen LogP contribution is -2.50. The van der Waals surface area contributed by atoms with Gasteiger partial charge in [0, 0.05) is 37.8 Å². The summed E-state index contributed by atoms with van der Waals surface area (Å²) >= 11 is 1.45. The molecule has 1 fully saturated rings. The van der Waals surface area contributed by atoms with E-state index in [1.54, 1.807) is 15.5 Å². The van der Waals surface area contributed by atoms with Crippen molar-refractivity contribution in [1.29, 1.82) is 0 Å². The molecule has 1 saturated heterocycles. The van der Waals surface area contributed by atoms with Gasteiger partial charge in [0.05, 0.1) is 6.20 Å². The van der Waals surface area contributed by atoms with Crippen LogP contribution in [0.25, 0.3) is 4.96 Å². The van der Waals surface area contributed by atoms with Crippen molar-refractivity contribution in [3.63, 3.8) is 0 Å². The first-order valence-electron chi connectivity index (χ1n) is 9.17. The number of H-pyrrole nitrogens is 1. The number of rotatable bonds is 3. The summed E-state index contributed by atoms with van der Waals surface area (Å²) in [7, 11) is 0. The van der Waals surface area contributed by atoms with Crippen LogP contribution in [-0.4, -0.2) is 73.2 Å². The zero-order chi connectivity index (χ0) is 20.6. The van der Waals surface area contributed by atoms with Gasteiger partial charge in [-0.05, 0) is 20.8 Å². The van der Waals surface area contributed by atoms with Gasteiger partial charge in [0.1, 0.15) is 11.3 Å². The molecule has 0 atom stereocenters. The molecule has 0 aliphatic carbocycles. The van der Waals surface area contributed by atoms with Gasteiger partial charge in [0.25, 0.3) is 5.91 Å². The number of imidazole rings is 1. The van der Waals surface area contributed by atoms with Crippen molar-refractivity contribution in [1.82, 2.24) is 29.5 Å². The molecule has 1 aliphatic heterocycles. The third-order valence-electron chi connectivity index (χ3n) is 4.30. The number of hydrogen-bond acceptors (Lipinski definition) is 8. The van der Waals surface area contributed by atoms with Crippen molar-refractivity contribution >= 4 is 40.2 Å². The fourth-order valence-electron chi connectivity index (χ4n) is 2.93. The van der Waals surface area contributed by atoms with Crippen molar-refractivity contribution in [3.05, 3.63) is 23.5 Å². The summed E-state index contributed by atoms with van der Waals surface area (Å²) in [6, 6.07) is 0. The SMILES string of the molecule is CC(C)(C)OC(=O)N1CCN(c2n[nH]c(NC(=O)c3cnc4sccn34)n2)CC1. The maximum atomic E-state index is 12.5. The molecule has 3 aromatic heterocycles. The molecule has 1 aliphatic rings. The molecule has 154 valence electrons. The summed E-state index contributed by atoms with van der Waals surface area (Å²) in [5, 5.41) is 11.5. The van der Waals surface area contributed by atoms with E-state index in [9.17, 15) is 9.59 Å². The lowest BCUT2D eigenvalue weighted by molar-refractivity contribution is 0.0240. The van der Waals surface area contributed by atoms with E-state index in [0.29, 0.717) is 37.8 Å². The Balaban J connectivity index is 1.34. The van der Waals surface area contributed by atoms with Crippen LogP contribution in [0.15, 0.2) is 17.8 Å². The molecule has 0 bridgehead atoms. The average molecular weight is 418 g/mol. The van der Waals surface area contributed by atoms with E-state index in [4.69, 9.17) is 4.74 Å². The lowest BCUT2D eigenvalue weighted by atomic mass is 10.2. The van der Waals surface area contributed by atoms with Crippen molar-refractivity contribution in [2.24, 2.45) is 0 Å². The Labute approximate surface area is 170 Å². The van der Waals surface area contributed by atoms with Crippen molar-refractivity contribution < 1.29 is 14.3 Å². The number of nitrogens with one attached hydrogen (secondary N) is 2. The quantitative estimate of drug-likeness (QED) is 0.665. The topological polar surface area (TPSA) is 121 Å². The number of aromatic nitrogens is 5. The van der Waals surface area contributed by atoms with Crippen molar-refractivity contribution in [2.75, 3.05) is 36.4 Å². The normalized spacial score (nSPS) is 15.0. The molecule has 4 heterocycles. The van der Waals surface area contributed by atoms with E-state index in [1.165, 1.54) is 17.5 Å². The van der Waals surface area contributed by atoms with E-state index >= 15 is 0 Å². The Morgan fingerprint density at radius 1 is 1.24 bits per heavy atom. The molecule has 0 spiro atoms. The zero-order valence-corrected chi connectivity index (χ0v) is 17.2. The number of carbonyl (C=O) groups excluding carboxylic acids is 2. The molecule has 11 nitrogen and oxygen atoms in total. The molecule has 29 heavy (non-hydrogen) atoms. The van der Waals surface area contributed by atoms with Crippen LogP contribution in [0, 0.1) is 0 Å². The second kappa shape index (κ2) is 7.35. The summed E-state index contributed by atoms with van der Waals surface area (Å²) < 4.78 is 7.12. The van der Waals surface area contributed by atoms with Crippen LogP contribution in [-0.2, 0) is 4.74 Å². The predicted octanol–water partition coefficient (Wildman–Crippen LogP) is 1.82. The fourth-order valence-corrected chi connectivity index (χ4v) is 3.62. The predicted molar refractivity (Wildman–Crippen MR) is 107 cm³/mol. The van der Waals surface area contributed by atoms with E-state index in [-0.39, 0.29) is 17.9 Å². The second-order valence-electron chi connectivity index (χ2n) is 7.59. The summed E-state index contributed by atoms with van der Waals surface area (Å²) in [5.41, 5.74) is -0.0972. The molecule has 2 amide bonds. The number of anilines is 2. The van der Waals surface area contributed by atoms with Gasteiger partial charge in [-0.15, -0.1) is 16.4 Å². The molecule has 12 heteroatoms. The number of carbonyl (C=O) groups is 2. The number of nitrogens with zero attached hydrogens (tertiary/aromatic N) is 6. The number of fused-ring (bicyclic) bond motifs is 1. The van der Waals surface area contributed by atoms with Gasteiger partial charge < -0.3 is 14.5 Å². The van der Waals surface area contributed by atoms with Gasteiger partial charge in [-0.1, -0.05) is 0 Å². The van der Waals surface area contributed by atoms with Crippen LogP contribution in [0.1, 0.15) is 31.3 Å². The number of piperazine rings is 1. The standard InChI is InChI=1S/C17H22N8O3S/c1-17(2,3)28-16(27)24-6-4-23(5-7-24)14-20-13(21-22-14)19-12(26)11-10-18-15-25(11)8-9-29-15/h8-10H,4-7H2,1-3H3,(H2,19,20,21,22,26). The highest BCUT2D eigenvalue weighted by atomic mass is 32.1. The average Bonchev–Trinajstić information content (AvgIpc) is 3.37. The number of thiazole rings is 1. The molecule has 3 aromatic rings. The summed E-state index contributed by atoms with van der Waals surface area (Å²) in [6.07, 6.45) is 2.99. The Kier molecular flexibility index (Phi) is 4.86. The molecule has 0 saturated carbocycles.